The van der Waals surface area contributed by atoms with Crippen molar-refractivity contribution in [3.05, 3.63) is 65.7 Å². The third-order valence-electron chi connectivity index (χ3n) is 5.06. The van der Waals surface area contributed by atoms with E-state index in [1.807, 2.05) is 4.90 Å². The van der Waals surface area contributed by atoms with Gasteiger partial charge in [-0.05, 0) is 35.9 Å². The first-order valence-corrected chi connectivity index (χ1v) is 9.87. The van der Waals surface area contributed by atoms with Gasteiger partial charge in [-0.15, -0.1) is 0 Å². The van der Waals surface area contributed by atoms with E-state index in [9.17, 15) is 18.4 Å². The van der Waals surface area contributed by atoms with E-state index in [-0.39, 0.29) is 24.2 Å². The summed E-state index contributed by atoms with van der Waals surface area (Å²) in [5, 5.41) is 2.70. The van der Waals surface area contributed by atoms with Gasteiger partial charge in [0.15, 0.2) is 0 Å². The fourth-order valence-corrected chi connectivity index (χ4v) is 3.34. The molecular formula is C22H26F2N4O2. The molecule has 160 valence electrons. The van der Waals surface area contributed by atoms with Crippen LogP contribution in [0.4, 0.5) is 14.5 Å². The van der Waals surface area contributed by atoms with Gasteiger partial charge in [0.2, 0.25) is 11.8 Å². The van der Waals surface area contributed by atoms with Crippen LogP contribution in [-0.2, 0) is 16.1 Å². The highest BCUT2D eigenvalue weighted by Gasteiger charge is 2.22. The third-order valence-corrected chi connectivity index (χ3v) is 5.06. The normalized spacial score (nSPS) is 15.0. The number of carbonyl (C=O) groups excluding carboxylic acids is 2. The van der Waals surface area contributed by atoms with Gasteiger partial charge in [0, 0.05) is 45.5 Å². The fraction of sp³-hybridized carbons (Fsp3) is 0.364. The summed E-state index contributed by atoms with van der Waals surface area (Å²) in [7, 11) is 1.73. The van der Waals surface area contributed by atoms with Crippen LogP contribution in [0.3, 0.4) is 0 Å². The Balaban J connectivity index is 1.38. The highest BCUT2D eigenvalue weighted by Crippen LogP contribution is 2.10. The van der Waals surface area contributed by atoms with Crippen molar-refractivity contribution in [3.63, 3.8) is 0 Å². The maximum absolute atomic E-state index is 13.2. The second-order valence-electron chi connectivity index (χ2n) is 7.49. The molecule has 1 fully saturated rings. The lowest BCUT2D eigenvalue weighted by Gasteiger charge is -2.34. The maximum Gasteiger partial charge on any atom is 0.238 e. The number of anilines is 1. The molecule has 0 saturated carbocycles. The van der Waals surface area contributed by atoms with Crippen LogP contribution >= 0.6 is 0 Å². The quantitative estimate of drug-likeness (QED) is 0.752. The van der Waals surface area contributed by atoms with Gasteiger partial charge in [-0.3, -0.25) is 19.4 Å². The van der Waals surface area contributed by atoms with Crippen LogP contribution in [0.25, 0.3) is 0 Å². The highest BCUT2D eigenvalue weighted by molar-refractivity contribution is 5.92. The average Bonchev–Trinajstić information content (AvgIpc) is 2.71. The summed E-state index contributed by atoms with van der Waals surface area (Å²) < 4.78 is 26.2. The number of halogens is 2. The van der Waals surface area contributed by atoms with E-state index in [0.29, 0.717) is 45.0 Å². The number of nitrogens with zero attached hydrogens (tertiary/aromatic N) is 3. The Morgan fingerprint density at radius 1 is 0.933 bits per heavy atom. The molecule has 2 aromatic carbocycles. The van der Waals surface area contributed by atoms with Crippen LogP contribution in [0.5, 0.6) is 0 Å². The van der Waals surface area contributed by atoms with Crippen LogP contribution in [0, 0.1) is 11.6 Å². The molecule has 0 radical (unpaired) electrons. The molecule has 0 unspecified atom stereocenters. The number of piperazine rings is 1. The van der Waals surface area contributed by atoms with Crippen molar-refractivity contribution in [3.8, 4) is 0 Å². The van der Waals surface area contributed by atoms with Crippen LogP contribution in [0.2, 0.25) is 0 Å². The monoisotopic (exact) mass is 416 g/mol. The van der Waals surface area contributed by atoms with Gasteiger partial charge in [-0.1, -0.05) is 18.2 Å². The molecule has 3 rings (SSSR count). The lowest BCUT2D eigenvalue weighted by atomic mass is 10.2. The highest BCUT2D eigenvalue weighted by atomic mass is 19.1. The molecule has 1 saturated heterocycles. The topological polar surface area (TPSA) is 55.9 Å². The van der Waals surface area contributed by atoms with Gasteiger partial charge in [-0.2, -0.15) is 0 Å². The number of likely N-dealkylation sites (N-methyl/N-ethyl adjacent to an activating group) is 1. The van der Waals surface area contributed by atoms with E-state index in [1.54, 1.807) is 36.2 Å². The first-order chi connectivity index (χ1) is 14.4. The number of nitrogens with one attached hydrogen (secondary N) is 1. The molecule has 1 aliphatic heterocycles. The predicted molar refractivity (Wildman–Crippen MR) is 111 cm³/mol. The zero-order valence-corrected chi connectivity index (χ0v) is 17.0. The van der Waals surface area contributed by atoms with Crippen LogP contribution in [0.15, 0.2) is 48.5 Å². The number of hydrogen-bond donors (Lipinski definition) is 1. The maximum atomic E-state index is 13.2. The first-order valence-electron chi connectivity index (χ1n) is 9.87. The Bertz CT molecular complexity index is 868. The summed E-state index contributed by atoms with van der Waals surface area (Å²) in [5.74, 6) is -0.883. The largest absolute Gasteiger partial charge is 0.340 e. The molecule has 0 atom stereocenters. The van der Waals surface area contributed by atoms with Crippen LogP contribution in [-0.4, -0.2) is 72.8 Å². The van der Waals surface area contributed by atoms with Gasteiger partial charge in [0.1, 0.15) is 11.6 Å². The van der Waals surface area contributed by atoms with E-state index in [1.165, 1.54) is 24.3 Å². The predicted octanol–water partition coefficient (Wildman–Crippen LogP) is 2.18. The summed E-state index contributed by atoms with van der Waals surface area (Å²) >= 11 is 0. The summed E-state index contributed by atoms with van der Waals surface area (Å²) in [6.07, 6.45) is 0. The van der Waals surface area contributed by atoms with Gasteiger partial charge in [0.25, 0.3) is 0 Å². The Morgan fingerprint density at radius 2 is 1.57 bits per heavy atom. The van der Waals surface area contributed by atoms with Crippen molar-refractivity contribution in [2.75, 3.05) is 51.6 Å². The zero-order valence-electron chi connectivity index (χ0n) is 17.0. The molecule has 0 aliphatic carbocycles. The molecule has 1 heterocycles. The minimum absolute atomic E-state index is 0.00313. The van der Waals surface area contributed by atoms with Crippen LogP contribution < -0.4 is 5.32 Å². The SMILES string of the molecule is CN(Cc1ccc(F)cc1)C(=O)CN1CCN(CC(=O)Nc2cccc(F)c2)CC1. The Hall–Kier alpha value is -2.84. The molecule has 0 spiro atoms. The number of rotatable bonds is 7. The lowest BCUT2D eigenvalue weighted by Crippen LogP contribution is -2.51. The molecule has 30 heavy (non-hydrogen) atoms. The van der Waals surface area contributed by atoms with Crippen molar-refractivity contribution in [1.29, 1.82) is 0 Å². The minimum Gasteiger partial charge on any atom is -0.340 e. The molecule has 0 bridgehead atoms. The second kappa shape index (κ2) is 10.3. The molecule has 1 aliphatic rings. The van der Waals surface area contributed by atoms with Crippen LogP contribution in [0.1, 0.15) is 5.56 Å². The van der Waals surface area contributed by atoms with E-state index < -0.39 is 5.82 Å². The van der Waals surface area contributed by atoms with Gasteiger partial charge >= 0.3 is 0 Å². The number of carbonyl (C=O) groups is 2. The summed E-state index contributed by atoms with van der Waals surface area (Å²) in [6.45, 7) is 3.67. The van der Waals surface area contributed by atoms with Crippen molar-refractivity contribution in [2.24, 2.45) is 0 Å². The van der Waals surface area contributed by atoms with Crippen molar-refractivity contribution >= 4 is 17.5 Å². The minimum atomic E-state index is -0.393. The lowest BCUT2D eigenvalue weighted by molar-refractivity contribution is -0.132. The van der Waals surface area contributed by atoms with E-state index in [0.717, 1.165) is 5.56 Å². The van der Waals surface area contributed by atoms with E-state index in [4.69, 9.17) is 0 Å². The third kappa shape index (κ3) is 6.60. The van der Waals surface area contributed by atoms with Gasteiger partial charge < -0.3 is 10.2 Å². The molecule has 6 nitrogen and oxygen atoms in total. The zero-order chi connectivity index (χ0) is 21.5. The Morgan fingerprint density at radius 3 is 2.20 bits per heavy atom. The average molecular weight is 416 g/mol. The van der Waals surface area contributed by atoms with Gasteiger partial charge in [-0.25, -0.2) is 8.78 Å². The first kappa shape index (κ1) is 21.9. The fourth-order valence-electron chi connectivity index (χ4n) is 3.34. The van der Waals surface area contributed by atoms with E-state index in [2.05, 4.69) is 10.2 Å². The number of benzene rings is 2. The molecule has 2 aromatic rings. The summed E-state index contributed by atoms with van der Waals surface area (Å²) in [4.78, 5) is 30.3. The smallest absolute Gasteiger partial charge is 0.238 e. The molecule has 0 aromatic heterocycles. The number of hydrogen-bond acceptors (Lipinski definition) is 4. The van der Waals surface area contributed by atoms with Crippen molar-refractivity contribution < 1.29 is 18.4 Å². The molecule has 1 N–H and O–H groups in total. The van der Waals surface area contributed by atoms with Gasteiger partial charge in [0.05, 0.1) is 13.1 Å². The van der Waals surface area contributed by atoms with Crippen molar-refractivity contribution in [1.82, 2.24) is 14.7 Å². The summed E-state index contributed by atoms with van der Waals surface area (Å²) in [5.41, 5.74) is 1.31. The summed E-state index contributed by atoms with van der Waals surface area (Å²) in [6, 6.07) is 11.9. The second-order valence-corrected chi connectivity index (χ2v) is 7.49. The standard InChI is InChI=1S/C22H26F2N4O2/c1-26(14-17-5-7-18(23)8-6-17)22(30)16-28-11-9-27(10-12-28)15-21(29)25-20-4-2-3-19(24)13-20/h2-8,13H,9-12,14-16H2,1H3,(H,25,29). The van der Waals surface area contributed by atoms with Crippen molar-refractivity contribution in [2.45, 2.75) is 6.54 Å². The Kier molecular flexibility index (Phi) is 7.48. The Labute approximate surface area is 175 Å². The molecule has 8 heteroatoms. The molecule has 2 amide bonds. The van der Waals surface area contributed by atoms with E-state index >= 15 is 0 Å². The number of amides is 2. The molecular weight excluding hydrogens is 390 g/mol.